The van der Waals surface area contributed by atoms with E-state index in [1.54, 1.807) is 25.1 Å². The van der Waals surface area contributed by atoms with Crippen LogP contribution in [0.4, 0.5) is 0 Å². The number of hydrogen-bond donors (Lipinski definition) is 2. The lowest BCUT2D eigenvalue weighted by atomic mass is 10.0. The minimum absolute atomic E-state index is 0.00241. The molecule has 0 aliphatic carbocycles. The second-order valence-electron chi connectivity index (χ2n) is 4.24. The molecule has 0 aromatic carbocycles. The molecule has 0 saturated carbocycles. The molecule has 3 N–H and O–H groups in total. The Morgan fingerprint density at radius 3 is 2.76 bits per heavy atom. The van der Waals surface area contributed by atoms with Crippen molar-refractivity contribution in [2.75, 3.05) is 20.8 Å². The zero-order valence-corrected chi connectivity index (χ0v) is 10.9. The third kappa shape index (κ3) is 3.42. The number of hydrogen-bond acceptors (Lipinski definition) is 5. The summed E-state index contributed by atoms with van der Waals surface area (Å²) in [5.41, 5.74) is 3.77. The summed E-state index contributed by atoms with van der Waals surface area (Å²) >= 11 is 0. The van der Waals surface area contributed by atoms with Crippen LogP contribution in [0.25, 0.3) is 0 Å². The monoisotopic (exact) mass is 242 g/mol. The van der Waals surface area contributed by atoms with Crippen molar-refractivity contribution in [1.82, 2.24) is 15.2 Å². The number of nitrogens with zero attached hydrogens (tertiary/aromatic N) is 2. The van der Waals surface area contributed by atoms with Crippen molar-refractivity contribution in [3.63, 3.8) is 0 Å². The van der Waals surface area contributed by atoms with Gasteiger partial charge < -0.3 is 9.47 Å². The second-order valence-corrected chi connectivity index (χ2v) is 4.24. The summed E-state index contributed by atoms with van der Waals surface area (Å²) < 4.78 is 12.2. The smallest absolute Gasteiger partial charge is 0.161 e. The van der Waals surface area contributed by atoms with Crippen LogP contribution in [0.2, 0.25) is 0 Å². The highest BCUT2D eigenvalue weighted by atomic mass is 16.5. The molecule has 2 unspecified atom stereocenters. The van der Waals surface area contributed by atoms with Gasteiger partial charge >= 0.3 is 0 Å². The molecule has 1 rings (SSSR count). The Bertz CT molecular complexity index is 340. The molecule has 0 bridgehead atoms. The molecular formula is C11H22N4O2. The summed E-state index contributed by atoms with van der Waals surface area (Å²) in [5.74, 6) is 6.77. The molecule has 0 aliphatic heterocycles. The van der Waals surface area contributed by atoms with Gasteiger partial charge in [0.1, 0.15) is 0 Å². The summed E-state index contributed by atoms with van der Waals surface area (Å²) in [7, 11) is 5.21. The maximum absolute atomic E-state index is 5.61. The molecule has 2 atom stereocenters. The Hall–Kier alpha value is -1.11. The predicted octanol–water partition coefficient (Wildman–Crippen LogP) is 0.606. The number of nitrogens with one attached hydrogen (secondary N) is 1. The number of nitrogens with two attached hydrogens (primary N) is 1. The van der Waals surface area contributed by atoms with E-state index in [-0.39, 0.29) is 6.04 Å². The number of methoxy groups -OCH3 is 2. The van der Waals surface area contributed by atoms with Crippen LogP contribution in [0, 0.1) is 5.92 Å². The van der Waals surface area contributed by atoms with Gasteiger partial charge in [0.2, 0.25) is 0 Å². The minimum atomic E-state index is 0.00241. The fraction of sp³-hybridized carbons (Fsp3) is 0.727. The van der Waals surface area contributed by atoms with Crippen molar-refractivity contribution < 1.29 is 9.47 Å². The highest BCUT2D eigenvalue weighted by Gasteiger charge is 2.21. The first-order chi connectivity index (χ1) is 8.13. The second kappa shape index (κ2) is 6.58. The average Bonchev–Trinajstić information content (AvgIpc) is 2.68. The quantitative estimate of drug-likeness (QED) is 0.541. The Kier molecular flexibility index (Phi) is 5.40. The molecule has 0 spiro atoms. The lowest BCUT2D eigenvalue weighted by Crippen LogP contribution is -2.31. The van der Waals surface area contributed by atoms with Crippen molar-refractivity contribution in [3.8, 4) is 5.75 Å². The number of hydrazine groups is 1. The third-order valence-corrected chi connectivity index (χ3v) is 2.79. The molecule has 0 fully saturated rings. The molecule has 6 nitrogen and oxygen atoms in total. The van der Waals surface area contributed by atoms with Crippen LogP contribution < -0.4 is 16.0 Å². The molecule has 0 aliphatic rings. The fourth-order valence-electron chi connectivity index (χ4n) is 1.99. The molecule has 0 amide bonds. The van der Waals surface area contributed by atoms with Gasteiger partial charge in [-0.3, -0.25) is 16.0 Å². The van der Waals surface area contributed by atoms with Crippen LogP contribution in [0.1, 0.15) is 25.1 Å². The molecule has 1 heterocycles. The molecule has 0 saturated heterocycles. The van der Waals surface area contributed by atoms with Gasteiger partial charge in [-0.2, -0.15) is 5.10 Å². The Labute approximate surface area is 102 Å². The van der Waals surface area contributed by atoms with E-state index in [9.17, 15) is 0 Å². The number of ether oxygens (including phenoxy) is 2. The van der Waals surface area contributed by atoms with Gasteiger partial charge in [-0.15, -0.1) is 0 Å². The SMILES string of the molecule is COCC(C)CC(NN)c1c(OC)cnn1C. The molecule has 1 aromatic rings. The normalized spacial score (nSPS) is 14.6. The van der Waals surface area contributed by atoms with Crippen LogP contribution in [-0.2, 0) is 11.8 Å². The van der Waals surface area contributed by atoms with Crippen LogP contribution in [0.15, 0.2) is 6.20 Å². The summed E-state index contributed by atoms with van der Waals surface area (Å²) in [6.07, 6.45) is 2.56. The van der Waals surface area contributed by atoms with Crippen LogP contribution in [0.3, 0.4) is 0 Å². The summed E-state index contributed by atoms with van der Waals surface area (Å²) in [5, 5.41) is 4.17. The zero-order chi connectivity index (χ0) is 12.8. The molecule has 1 aromatic heterocycles. The molecule has 98 valence electrons. The van der Waals surface area contributed by atoms with Crippen molar-refractivity contribution in [3.05, 3.63) is 11.9 Å². The molecule has 0 radical (unpaired) electrons. The standard InChI is InChI=1S/C11H22N4O2/c1-8(7-16-3)5-9(14-12)11-10(17-4)6-13-15(11)2/h6,8-9,14H,5,7,12H2,1-4H3. The number of aryl methyl sites for hydroxylation is 1. The van der Waals surface area contributed by atoms with E-state index in [4.69, 9.17) is 15.3 Å². The Balaban J connectivity index is 2.81. The first-order valence-corrected chi connectivity index (χ1v) is 5.65. The van der Waals surface area contributed by atoms with E-state index in [0.29, 0.717) is 12.5 Å². The highest BCUT2D eigenvalue weighted by Crippen LogP contribution is 2.28. The van der Waals surface area contributed by atoms with E-state index in [0.717, 1.165) is 17.9 Å². The van der Waals surface area contributed by atoms with Crippen LogP contribution >= 0.6 is 0 Å². The van der Waals surface area contributed by atoms with E-state index in [2.05, 4.69) is 17.4 Å². The van der Waals surface area contributed by atoms with Crippen molar-refractivity contribution in [1.29, 1.82) is 0 Å². The average molecular weight is 242 g/mol. The van der Waals surface area contributed by atoms with Gasteiger partial charge in [0.05, 0.1) is 25.0 Å². The van der Waals surface area contributed by atoms with Crippen LogP contribution in [-0.4, -0.2) is 30.6 Å². The number of rotatable bonds is 7. The summed E-state index contributed by atoms with van der Waals surface area (Å²) in [4.78, 5) is 0. The highest BCUT2D eigenvalue weighted by molar-refractivity contribution is 5.28. The van der Waals surface area contributed by atoms with Crippen molar-refractivity contribution in [2.24, 2.45) is 18.8 Å². The minimum Gasteiger partial charge on any atom is -0.493 e. The number of aromatic nitrogens is 2. The van der Waals surface area contributed by atoms with Crippen molar-refractivity contribution >= 4 is 0 Å². The van der Waals surface area contributed by atoms with E-state index in [1.165, 1.54) is 0 Å². The van der Waals surface area contributed by atoms with E-state index >= 15 is 0 Å². The van der Waals surface area contributed by atoms with Gasteiger partial charge in [-0.05, 0) is 12.3 Å². The molecule has 6 heteroatoms. The molecule has 17 heavy (non-hydrogen) atoms. The predicted molar refractivity (Wildman–Crippen MR) is 65.5 cm³/mol. The first kappa shape index (κ1) is 14.0. The van der Waals surface area contributed by atoms with Gasteiger partial charge in [0, 0.05) is 20.8 Å². The van der Waals surface area contributed by atoms with Gasteiger partial charge in [0.25, 0.3) is 0 Å². The van der Waals surface area contributed by atoms with Gasteiger partial charge in [-0.1, -0.05) is 6.92 Å². The Morgan fingerprint density at radius 2 is 2.24 bits per heavy atom. The summed E-state index contributed by atoms with van der Waals surface area (Å²) in [6.45, 7) is 2.83. The maximum atomic E-state index is 5.61. The lowest BCUT2D eigenvalue weighted by molar-refractivity contribution is 0.148. The van der Waals surface area contributed by atoms with Gasteiger partial charge in [-0.25, -0.2) is 0 Å². The zero-order valence-electron chi connectivity index (χ0n) is 10.9. The van der Waals surface area contributed by atoms with Crippen molar-refractivity contribution in [2.45, 2.75) is 19.4 Å². The fourth-order valence-corrected chi connectivity index (χ4v) is 1.99. The maximum Gasteiger partial charge on any atom is 0.161 e. The molecular weight excluding hydrogens is 220 g/mol. The third-order valence-electron chi connectivity index (χ3n) is 2.79. The first-order valence-electron chi connectivity index (χ1n) is 5.65. The largest absolute Gasteiger partial charge is 0.493 e. The lowest BCUT2D eigenvalue weighted by Gasteiger charge is -2.21. The van der Waals surface area contributed by atoms with Crippen LogP contribution in [0.5, 0.6) is 5.75 Å². The topological polar surface area (TPSA) is 74.3 Å². The summed E-state index contributed by atoms with van der Waals surface area (Å²) in [6, 6.07) is 0.00241. The van der Waals surface area contributed by atoms with E-state index < -0.39 is 0 Å². The van der Waals surface area contributed by atoms with Gasteiger partial charge in [0.15, 0.2) is 5.75 Å². The Morgan fingerprint density at radius 1 is 1.53 bits per heavy atom. The van der Waals surface area contributed by atoms with E-state index in [1.807, 2.05) is 7.05 Å².